The summed E-state index contributed by atoms with van der Waals surface area (Å²) in [4.78, 5) is 4.42. The van der Waals surface area contributed by atoms with E-state index in [9.17, 15) is 0 Å². The molecule has 1 aliphatic carbocycles. The van der Waals surface area contributed by atoms with Crippen molar-refractivity contribution in [1.29, 1.82) is 0 Å². The van der Waals surface area contributed by atoms with Gasteiger partial charge in [-0.15, -0.1) is 24.8 Å². The smallest absolute Gasteiger partial charge is 0.0737 e. The summed E-state index contributed by atoms with van der Waals surface area (Å²) in [7, 11) is 0. The highest BCUT2D eigenvalue weighted by Crippen LogP contribution is 2.28. The molecule has 3 aromatic rings. The maximum absolute atomic E-state index is 6.09. The van der Waals surface area contributed by atoms with Crippen LogP contribution in [-0.4, -0.2) is 17.1 Å². The number of hydrogen-bond acceptors (Lipinski definition) is 3. The number of aromatic nitrogens is 1. The minimum absolute atomic E-state index is 0. The third-order valence-corrected chi connectivity index (χ3v) is 5.98. The van der Waals surface area contributed by atoms with Gasteiger partial charge in [-0.25, -0.2) is 0 Å². The molecular formula is C22H24Cl5N3. The molecule has 1 saturated carbocycles. The van der Waals surface area contributed by atoms with Gasteiger partial charge in [0.15, 0.2) is 0 Å². The molecule has 1 heterocycles. The Bertz CT molecular complexity index is 954. The molecule has 30 heavy (non-hydrogen) atoms. The summed E-state index contributed by atoms with van der Waals surface area (Å²) < 4.78 is 0. The van der Waals surface area contributed by atoms with Gasteiger partial charge >= 0.3 is 0 Å². The predicted molar refractivity (Wildman–Crippen MR) is 134 cm³/mol. The topological polar surface area (TPSA) is 37.0 Å². The van der Waals surface area contributed by atoms with Crippen LogP contribution in [0.5, 0.6) is 0 Å². The van der Waals surface area contributed by atoms with Crippen molar-refractivity contribution in [3.63, 3.8) is 0 Å². The fourth-order valence-corrected chi connectivity index (χ4v) is 4.62. The average molecular weight is 508 g/mol. The number of hydrogen-bond donors (Lipinski definition) is 2. The maximum atomic E-state index is 6.09. The number of halogens is 5. The van der Waals surface area contributed by atoms with Crippen molar-refractivity contribution in [2.75, 3.05) is 5.32 Å². The molecule has 1 aromatic heterocycles. The minimum atomic E-state index is 0. The number of nitrogens with one attached hydrogen (secondary N) is 2. The van der Waals surface area contributed by atoms with Gasteiger partial charge in [0.25, 0.3) is 0 Å². The minimum Gasteiger partial charge on any atom is -0.382 e. The number of benzene rings is 2. The van der Waals surface area contributed by atoms with Crippen LogP contribution >= 0.6 is 59.6 Å². The molecule has 0 spiro atoms. The van der Waals surface area contributed by atoms with Crippen LogP contribution in [0.4, 0.5) is 5.69 Å². The summed E-state index contributed by atoms with van der Waals surface area (Å²) in [6.45, 7) is 0.790. The Hall–Kier alpha value is -0.940. The Morgan fingerprint density at radius 1 is 0.800 bits per heavy atom. The number of fused-ring (bicyclic) bond motifs is 1. The molecule has 0 bridgehead atoms. The van der Waals surface area contributed by atoms with Crippen LogP contribution in [0.2, 0.25) is 15.1 Å². The van der Waals surface area contributed by atoms with Gasteiger partial charge < -0.3 is 10.6 Å². The van der Waals surface area contributed by atoms with E-state index in [1.807, 2.05) is 42.6 Å². The molecule has 4 rings (SSSR count). The Labute approximate surface area is 204 Å². The van der Waals surface area contributed by atoms with E-state index in [4.69, 9.17) is 34.8 Å². The van der Waals surface area contributed by atoms with Crippen LogP contribution in [0.1, 0.15) is 31.2 Å². The van der Waals surface area contributed by atoms with Gasteiger partial charge in [-0.05, 0) is 73.7 Å². The first-order valence-electron chi connectivity index (χ1n) is 9.56. The SMILES string of the molecule is Cl.Cl.Clc1cc(Cl)cc(CNC2CCC(Nc3ccnc4cc(Cl)ccc34)CC2)c1. The normalized spacial score (nSPS) is 18.4. The molecule has 0 unspecified atom stereocenters. The average Bonchev–Trinajstić information content (AvgIpc) is 2.67. The summed E-state index contributed by atoms with van der Waals surface area (Å²) in [6.07, 6.45) is 6.38. The highest BCUT2D eigenvalue weighted by atomic mass is 35.5. The number of nitrogens with zero attached hydrogens (tertiary/aromatic N) is 1. The fourth-order valence-electron chi connectivity index (χ4n) is 3.88. The van der Waals surface area contributed by atoms with Crippen molar-refractivity contribution in [2.24, 2.45) is 0 Å². The van der Waals surface area contributed by atoms with Gasteiger partial charge in [0.05, 0.1) is 5.52 Å². The second-order valence-electron chi connectivity index (χ2n) is 7.37. The second kappa shape index (κ2) is 11.6. The van der Waals surface area contributed by atoms with Crippen LogP contribution in [0.15, 0.2) is 48.7 Å². The fraction of sp³-hybridized carbons (Fsp3) is 0.318. The Balaban J connectivity index is 0.00000160. The van der Waals surface area contributed by atoms with E-state index < -0.39 is 0 Å². The molecule has 162 valence electrons. The van der Waals surface area contributed by atoms with Crippen LogP contribution in [0.3, 0.4) is 0 Å². The lowest BCUT2D eigenvalue weighted by Gasteiger charge is -2.30. The molecular weight excluding hydrogens is 484 g/mol. The van der Waals surface area contributed by atoms with E-state index in [1.165, 1.54) is 0 Å². The summed E-state index contributed by atoms with van der Waals surface area (Å²) in [6, 6.07) is 14.6. The molecule has 0 aliphatic heterocycles. The standard InChI is InChI=1S/C22H22Cl3N3.2ClH/c23-15-1-6-20-21(7-8-26-22(20)12-15)28-19-4-2-18(3-5-19)27-13-14-9-16(24)11-17(25)10-14;;/h1,6-12,18-19,27H,2-5,13H2,(H,26,28);2*1H. The van der Waals surface area contributed by atoms with Crippen molar-refractivity contribution in [3.8, 4) is 0 Å². The monoisotopic (exact) mass is 505 g/mol. The molecule has 8 heteroatoms. The lowest BCUT2D eigenvalue weighted by molar-refractivity contribution is 0.353. The van der Waals surface area contributed by atoms with Gasteiger partial charge in [-0.3, -0.25) is 4.98 Å². The molecule has 2 aromatic carbocycles. The van der Waals surface area contributed by atoms with Crippen molar-refractivity contribution in [2.45, 2.75) is 44.3 Å². The Morgan fingerprint density at radius 2 is 1.47 bits per heavy atom. The van der Waals surface area contributed by atoms with Gasteiger partial charge in [0.2, 0.25) is 0 Å². The predicted octanol–water partition coefficient (Wildman–Crippen LogP) is 7.55. The van der Waals surface area contributed by atoms with Crippen molar-refractivity contribution in [1.82, 2.24) is 10.3 Å². The quantitative estimate of drug-likeness (QED) is 0.374. The summed E-state index contributed by atoms with van der Waals surface area (Å²) in [5.41, 5.74) is 3.18. The Morgan fingerprint density at radius 3 is 2.17 bits per heavy atom. The van der Waals surface area contributed by atoms with Gasteiger partial charge in [0.1, 0.15) is 0 Å². The van der Waals surface area contributed by atoms with E-state index in [1.54, 1.807) is 6.07 Å². The van der Waals surface area contributed by atoms with Gasteiger partial charge in [-0.1, -0.05) is 34.8 Å². The number of anilines is 1. The summed E-state index contributed by atoms with van der Waals surface area (Å²) in [5.74, 6) is 0. The summed E-state index contributed by atoms with van der Waals surface area (Å²) in [5, 5.41) is 10.5. The van der Waals surface area contributed by atoms with Crippen molar-refractivity contribution in [3.05, 3.63) is 69.3 Å². The lowest BCUT2D eigenvalue weighted by atomic mass is 9.90. The zero-order chi connectivity index (χ0) is 19.5. The molecule has 3 nitrogen and oxygen atoms in total. The molecule has 0 amide bonds. The van der Waals surface area contributed by atoms with E-state index in [2.05, 4.69) is 15.6 Å². The highest BCUT2D eigenvalue weighted by Gasteiger charge is 2.21. The van der Waals surface area contributed by atoms with Crippen LogP contribution in [0.25, 0.3) is 10.9 Å². The zero-order valence-electron chi connectivity index (χ0n) is 16.2. The van der Waals surface area contributed by atoms with E-state index in [-0.39, 0.29) is 24.8 Å². The van der Waals surface area contributed by atoms with Gasteiger partial charge in [-0.2, -0.15) is 0 Å². The first-order chi connectivity index (χ1) is 13.6. The zero-order valence-corrected chi connectivity index (χ0v) is 20.1. The van der Waals surface area contributed by atoms with E-state index in [0.717, 1.165) is 54.4 Å². The molecule has 0 radical (unpaired) electrons. The molecule has 2 N–H and O–H groups in total. The maximum Gasteiger partial charge on any atom is 0.0737 e. The third-order valence-electron chi connectivity index (χ3n) is 5.31. The van der Waals surface area contributed by atoms with Crippen LogP contribution in [-0.2, 0) is 6.54 Å². The highest BCUT2D eigenvalue weighted by molar-refractivity contribution is 6.34. The molecule has 0 saturated heterocycles. The number of pyridine rings is 1. The van der Waals surface area contributed by atoms with E-state index >= 15 is 0 Å². The third kappa shape index (κ3) is 6.53. The Kier molecular flexibility index (Phi) is 9.80. The molecule has 1 fully saturated rings. The van der Waals surface area contributed by atoms with Gasteiger partial charge in [0, 0.05) is 51.0 Å². The largest absolute Gasteiger partial charge is 0.382 e. The van der Waals surface area contributed by atoms with E-state index in [0.29, 0.717) is 27.2 Å². The molecule has 1 aliphatic rings. The van der Waals surface area contributed by atoms with Crippen LogP contribution < -0.4 is 10.6 Å². The second-order valence-corrected chi connectivity index (χ2v) is 8.68. The lowest BCUT2D eigenvalue weighted by Crippen LogP contribution is -2.36. The van der Waals surface area contributed by atoms with Crippen molar-refractivity contribution >= 4 is 76.2 Å². The number of rotatable bonds is 5. The van der Waals surface area contributed by atoms with Crippen molar-refractivity contribution < 1.29 is 0 Å². The first-order valence-corrected chi connectivity index (χ1v) is 10.7. The van der Waals surface area contributed by atoms with Crippen LogP contribution in [0, 0.1) is 0 Å². The molecule has 0 atom stereocenters. The first kappa shape index (κ1) is 25.3. The summed E-state index contributed by atoms with van der Waals surface area (Å²) >= 11 is 18.3.